The maximum absolute atomic E-state index is 11.3. The zero-order valence-electron chi connectivity index (χ0n) is 11.3. The maximum Gasteiger partial charge on any atom is 0.314 e. The van der Waals surface area contributed by atoms with E-state index in [-0.39, 0.29) is 12.5 Å². The first kappa shape index (κ1) is 16.0. The summed E-state index contributed by atoms with van der Waals surface area (Å²) in [6.45, 7) is 1.71. The smallest absolute Gasteiger partial charge is 0.314 e. The fourth-order valence-electron chi connectivity index (χ4n) is 1.51. The van der Waals surface area contributed by atoms with Gasteiger partial charge in [-0.25, -0.2) is 4.79 Å². The summed E-state index contributed by atoms with van der Waals surface area (Å²) in [7, 11) is 0. The monoisotopic (exact) mass is 280 g/mol. The van der Waals surface area contributed by atoms with E-state index >= 15 is 0 Å². The molecule has 0 aliphatic heterocycles. The molecule has 0 aliphatic rings. The topological polar surface area (TPSA) is 87.7 Å². The largest absolute Gasteiger partial charge is 0.481 e. The number of nitrogens with one attached hydrogen (secondary N) is 2. The number of amides is 2. The van der Waals surface area contributed by atoms with Crippen LogP contribution >= 0.6 is 0 Å². The van der Waals surface area contributed by atoms with Crippen LogP contribution < -0.4 is 10.6 Å². The second-order valence-electron chi connectivity index (χ2n) is 4.22. The summed E-state index contributed by atoms with van der Waals surface area (Å²) in [6.07, 6.45) is 0.480. The van der Waals surface area contributed by atoms with Crippen LogP contribution in [0.5, 0.6) is 0 Å². The third-order valence-electron chi connectivity index (χ3n) is 2.50. The first-order chi connectivity index (χ1) is 9.68. The van der Waals surface area contributed by atoms with Crippen molar-refractivity contribution in [1.29, 1.82) is 0 Å². The van der Waals surface area contributed by atoms with E-state index in [1.54, 1.807) is 0 Å². The molecule has 2 amide bonds. The van der Waals surface area contributed by atoms with Crippen molar-refractivity contribution >= 4 is 12.0 Å². The Kier molecular flexibility index (Phi) is 7.83. The molecule has 0 spiro atoms. The van der Waals surface area contributed by atoms with E-state index in [2.05, 4.69) is 10.6 Å². The van der Waals surface area contributed by atoms with Crippen molar-refractivity contribution in [2.75, 3.05) is 19.7 Å². The lowest BCUT2D eigenvalue weighted by atomic mass is 10.2. The summed E-state index contributed by atoms with van der Waals surface area (Å²) in [5.41, 5.74) is 1.09. The van der Waals surface area contributed by atoms with Crippen LogP contribution in [0.1, 0.15) is 18.4 Å². The van der Waals surface area contributed by atoms with Crippen LogP contribution in [0.4, 0.5) is 4.79 Å². The molecule has 0 saturated heterocycles. The molecule has 110 valence electrons. The van der Waals surface area contributed by atoms with Gasteiger partial charge in [-0.3, -0.25) is 4.79 Å². The molecule has 0 saturated carbocycles. The highest BCUT2D eigenvalue weighted by atomic mass is 16.5. The van der Waals surface area contributed by atoms with Gasteiger partial charge in [-0.1, -0.05) is 30.3 Å². The van der Waals surface area contributed by atoms with Crippen molar-refractivity contribution in [3.05, 3.63) is 35.9 Å². The second kappa shape index (κ2) is 9.80. The minimum Gasteiger partial charge on any atom is -0.481 e. The molecule has 0 radical (unpaired) electrons. The summed E-state index contributed by atoms with van der Waals surface area (Å²) >= 11 is 0. The van der Waals surface area contributed by atoms with Crippen molar-refractivity contribution < 1.29 is 19.4 Å². The van der Waals surface area contributed by atoms with Crippen LogP contribution in [0.3, 0.4) is 0 Å². The number of carbonyl (C=O) groups excluding carboxylic acids is 1. The molecule has 1 aromatic rings. The van der Waals surface area contributed by atoms with Crippen molar-refractivity contribution in [2.24, 2.45) is 0 Å². The van der Waals surface area contributed by atoms with E-state index in [0.717, 1.165) is 5.56 Å². The Bertz CT molecular complexity index is 409. The molecule has 3 N–H and O–H groups in total. The number of aliphatic carboxylic acids is 1. The highest BCUT2D eigenvalue weighted by Crippen LogP contribution is 1.99. The Morgan fingerprint density at radius 1 is 1.10 bits per heavy atom. The fourth-order valence-corrected chi connectivity index (χ4v) is 1.51. The number of ether oxygens (including phenoxy) is 1. The number of hydrogen-bond acceptors (Lipinski definition) is 3. The molecule has 6 nitrogen and oxygen atoms in total. The van der Waals surface area contributed by atoms with Gasteiger partial charge in [0, 0.05) is 19.5 Å². The number of benzene rings is 1. The van der Waals surface area contributed by atoms with Gasteiger partial charge in [-0.15, -0.1) is 0 Å². The Labute approximate surface area is 118 Å². The van der Waals surface area contributed by atoms with Gasteiger partial charge in [0.2, 0.25) is 0 Å². The van der Waals surface area contributed by atoms with Gasteiger partial charge in [-0.05, 0) is 12.0 Å². The molecule has 20 heavy (non-hydrogen) atoms. The molecule has 0 unspecified atom stereocenters. The fraction of sp³-hybridized carbons (Fsp3) is 0.429. The van der Waals surface area contributed by atoms with Crippen molar-refractivity contribution in [2.45, 2.75) is 19.4 Å². The van der Waals surface area contributed by atoms with Gasteiger partial charge >= 0.3 is 12.0 Å². The Morgan fingerprint density at radius 3 is 2.50 bits per heavy atom. The van der Waals surface area contributed by atoms with Gasteiger partial charge < -0.3 is 20.5 Å². The van der Waals surface area contributed by atoms with Crippen molar-refractivity contribution in [3.8, 4) is 0 Å². The molecule has 0 atom stereocenters. The maximum atomic E-state index is 11.3. The Morgan fingerprint density at radius 2 is 1.80 bits per heavy atom. The molecule has 1 rings (SSSR count). The lowest BCUT2D eigenvalue weighted by Crippen LogP contribution is -2.37. The van der Waals surface area contributed by atoms with Crippen LogP contribution in [-0.4, -0.2) is 36.8 Å². The van der Waals surface area contributed by atoms with Crippen LogP contribution in [0.2, 0.25) is 0 Å². The highest BCUT2D eigenvalue weighted by molar-refractivity contribution is 5.73. The van der Waals surface area contributed by atoms with Crippen molar-refractivity contribution in [3.63, 3.8) is 0 Å². The molecular weight excluding hydrogens is 260 g/mol. The normalized spacial score (nSPS) is 10.0. The molecule has 1 aromatic carbocycles. The molecule has 0 aromatic heterocycles. The van der Waals surface area contributed by atoms with Gasteiger partial charge in [0.1, 0.15) is 0 Å². The van der Waals surface area contributed by atoms with Crippen molar-refractivity contribution in [1.82, 2.24) is 10.6 Å². The molecule has 0 heterocycles. The average molecular weight is 280 g/mol. The van der Waals surface area contributed by atoms with Gasteiger partial charge in [0.15, 0.2) is 0 Å². The van der Waals surface area contributed by atoms with E-state index < -0.39 is 5.97 Å². The molecule has 0 aliphatic carbocycles. The zero-order valence-corrected chi connectivity index (χ0v) is 11.3. The minimum absolute atomic E-state index is 0.0560. The number of hydrogen-bond donors (Lipinski definition) is 3. The molecule has 0 bridgehead atoms. The minimum atomic E-state index is -0.860. The lowest BCUT2D eigenvalue weighted by molar-refractivity contribution is -0.137. The summed E-state index contributed by atoms with van der Waals surface area (Å²) in [4.78, 5) is 21.6. The summed E-state index contributed by atoms with van der Waals surface area (Å²) in [5.74, 6) is -0.860. The predicted octanol–water partition coefficient (Wildman–Crippen LogP) is 1.37. The lowest BCUT2D eigenvalue weighted by Gasteiger charge is -2.07. The third kappa shape index (κ3) is 8.10. The van der Waals surface area contributed by atoms with E-state index in [1.165, 1.54) is 0 Å². The Balaban J connectivity index is 1.95. The number of carboxylic acids is 1. The van der Waals surface area contributed by atoms with Gasteiger partial charge in [0.25, 0.3) is 0 Å². The number of carboxylic acid groups (broad SMARTS) is 1. The second-order valence-corrected chi connectivity index (χ2v) is 4.22. The number of carbonyl (C=O) groups is 2. The van der Waals surface area contributed by atoms with E-state index in [0.29, 0.717) is 32.7 Å². The molecule has 0 fully saturated rings. The first-order valence-electron chi connectivity index (χ1n) is 6.53. The van der Waals surface area contributed by atoms with E-state index in [1.807, 2.05) is 30.3 Å². The predicted molar refractivity (Wildman–Crippen MR) is 74.4 cm³/mol. The van der Waals surface area contributed by atoms with Crippen LogP contribution in [-0.2, 0) is 16.1 Å². The van der Waals surface area contributed by atoms with E-state index in [9.17, 15) is 9.59 Å². The van der Waals surface area contributed by atoms with Crippen LogP contribution in [0.15, 0.2) is 30.3 Å². The number of rotatable bonds is 9. The summed E-state index contributed by atoms with van der Waals surface area (Å²) < 4.78 is 5.41. The van der Waals surface area contributed by atoms with Crippen LogP contribution in [0.25, 0.3) is 0 Å². The quantitative estimate of drug-likeness (QED) is 0.596. The summed E-state index contributed by atoms with van der Waals surface area (Å²) in [5, 5.41) is 13.6. The highest BCUT2D eigenvalue weighted by Gasteiger charge is 2.00. The standard InChI is InChI=1S/C14H20N2O4/c17-13(18)7-4-8-15-14(19)16-9-10-20-11-12-5-2-1-3-6-12/h1-3,5-6H,4,7-11H2,(H,17,18)(H2,15,16,19). The number of urea groups is 1. The Hall–Kier alpha value is -2.08. The average Bonchev–Trinajstić information content (AvgIpc) is 2.44. The third-order valence-corrected chi connectivity index (χ3v) is 2.50. The van der Waals surface area contributed by atoms with Gasteiger partial charge in [-0.2, -0.15) is 0 Å². The molecular formula is C14H20N2O4. The van der Waals surface area contributed by atoms with Crippen LogP contribution in [0, 0.1) is 0 Å². The first-order valence-corrected chi connectivity index (χ1v) is 6.53. The summed E-state index contributed by atoms with van der Waals surface area (Å²) in [6, 6.07) is 9.48. The molecule has 6 heteroatoms. The van der Waals surface area contributed by atoms with Gasteiger partial charge in [0.05, 0.1) is 13.2 Å². The van der Waals surface area contributed by atoms with E-state index in [4.69, 9.17) is 9.84 Å². The SMILES string of the molecule is O=C(O)CCCNC(=O)NCCOCc1ccccc1. The zero-order chi connectivity index (χ0) is 14.6.